The molecule has 8 aliphatic heterocycles. The Morgan fingerprint density at radius 2 is 0.386 bits per heavy atom. The van der Waals surface area contributed by atoms with Crippen molar-refractivity contribution in [1.29, 1.82) is 0 Å². The van der Waals surface area contributed by atoms with Crippen LogP contribution in [0.15, 0.2) is 443 Å². The van der Waals surface area contributed by atoms with Crippen LogP contribution in [0.3, 0.4) is 0 Å². The van der Waals surface area contributed by atoms with Gasteiger partial charge in [-0.1, -0.05) is 267 Å². The maximum Gasteiger partial charge on any atom is 0.252 e. The lowest BCUT2D eigenvalue weighted by Crippen LogP contribution is -2.69. The minimum atomic E-state index is -0.225. The van der Waals surface area contributed by atoms with Crippen molar-refractivity contribution >= 4 is 251 Å². The Hall–Kier alpha value is -16.4. The standard InChI is InChI=1S/C114H73B4N9/c1-11-37-74(38-12-1)119(75-39-13-2-14-40-75)84-65-102-108-104(67-84)123(80-49-23-7-24-50-80)98-71-100-94(69-92(98)115(108)88-59-31-33-63-96(88)121(102)78-45-19-5-20-46-78)117-90-61-35-57-86-87-58-36-62-91-113(87)127(112(86)90)114-110(117)106(125(100)82-53-27-9-28-54-82)73-107-111(114)118(91)95-70-93-99(72-101(95)126(107)83-55-29-10-30-56-83)124(81-51-25-8-26-52-81)105-68-85(120(76-41-15-3-16-42-76)77-43-17-4-18-44-77)66-103-109(105)116(93)89-60-32-34-64-97(89)122(103)79-47-21-6-22-48-79/h1-73H. The smallest absolute Gasteiger partial charge is 0.252 e. The molecular weight excluding hydrogens is 1540 g/mol. The van der Waals surface area contributed by atoms with Gasteiger partial charge in [0, 0.05) is 153 Å². The van der Waals surface area contributed by atoms with Crippen molar-refractivity contribution in [2.75, 3.05) is 39.2 Å². The predicted octanol–water partition coefficient (Wildman–Crippen LogP) is 21.1. The Morgan fingerprint density at radius 1 is 0.157 bits per heavy atom. The molecule has 0 atom stereocenters. The lowest BCUT2D eigenvalue weighted by molar-refractivity contribution is 1.17. The normalized spacial score (nSPS) is 13.7. The Balaban J connectivity index is 0.734. The molecule has 13 heteroatoms. The summed E-state index contributed by atoms with van der Waals surface area (Å²) in [5.41, 5.74) is 45.7. The first-order chi connectivity index (χ1) is 63.1. The van der Waals surface area contributed by atoms with Gasteiger partial charge in [0.25, 0.3) is 26.9 Å². The van der Waals surface area contributed by atoms with E-state index in [4.69, 9.17) is 0 Å². The number of fused-ring (bicyclic) bond motifs is 15. The largest absolute Gasteiger partial charge is 0.311 e. The van der Waals surface area contributed by atoms with Gasteiger partial charge in [0.2, 0.25) is 0 Å². The van der Waals surface area contributed by atoms with Gasteiger partial charge >= 0.3 is 0 Å². The van der Waals surface area contributed by atoms with Crippen LogP contribution in [-0.2, 0) is 0 Å². The molecule has 1 aromatic heterocycles. The fourth-order valence-corrected chi connectivity index (χ4v) is 23.3. The van der Waals surface area contributed by atoms with E-state index in [9.17, 15) is 0 Å². The highest BCUT2D eigenvalue weighted by Gasteiger charge is 2.54. The zero-order chi connectivity index (χ0) is 82.8. The summed E-state index contributed by atoms with van der Waals surface area (Å²) < 4.78 is 2.76. The SMILES string of the molecule is c1ccc(N(c2ccccc2)c2cc3c4c(c2)N(c2ccccc2)c2cc5c(cc2B4c2ccccc2N3c2ccccc2)B2c3c(cc4c6c3-n3c7c2cccc7c2cccc(c23)B6c2cc3c(cc2N4c2ccccc2)N(c2ccccc2)c2cc(N(c4ccccc4)c4ccccc4)cc4c2B3c2ccccc2N4c2ccccc2)N5c2ccccc2)cc1. The van der Waals surface area contributed by atoms with Gasteiger partial charge in [-0.15, -0.1) is 0 Å². The molecule has 28 rings (SSSR count). The monoisotopic (exact) mass is 1610 g/mol. The highest BCUT2D eigenvalue weighted by Crippen LogP contribution is 2.55. The van der Waals surface area contributed by atoms with Crippen LogP contribution in [0, 0.1) is 0 Å². The Bertz CT molecular complexity index is 7420. The van der Waals surface area contributed by atoms with Gasteiger partial charge < -0.3 is 43.8 Å². The first-order valence-corrected chi connectivity index (χ1v) is 44.2. The first kappa shape index (κ1) is 70.2. The molecule has 0 fully saturated rings. The average Bonchev–Trinajstić information content (AvgIpc) is 1.59. The maximum atomic E-state index is 2.76. The zero-order valence-electron chi connectivity index (χ0n) is 69.0. The number of anilines is 24. The minimum absolute atomic E-state index is 0.204. The molecule has 9 nitrogen and oxygen atoms in total. The average molecular weight is 1610 g/mol. The van der Waals surface area contributed by atoms with Crippen molar-refractivity contribution in [2.24, 2.45) is 0 Å². The van der Waals surface area contributed by atoms with E-state index in [0.717, 1.165) is 136 Å². The molecule has 0 unspecified atom stereocenters. The summed E-state index contributed by atoms with van der Waals surface area (Å²) in [7, 11) is 0. The van der Waals surface area contributed by atoms with Crippen molar-refractivity contribution < 1.29 is 0 Å². The van der Waals surface area contributed by atoms with E-state index in [1.807, 2.05) is 0 Å². The molecular formula is C114H73B4N9. The second kappa shape index (κ2) is 27.1. The molecule has 586 valence electrons. The second-order valence-electron chi connectivity index (χ2n) is 34.5. The molecule has 0 bridgehead atoms. The fraction of sp³-hybridized carbons (Fsp3) is 0. The third-order valence-corrected chi connectivity index (χ3v) is 28.1. The molecule has 0 saturated carbocycles. The van der Waals surface area contributed by atoms with Crippen molar-refractivity contribution in [1.82, 2.24) is 4.57 Å². The van der Waals surface area contributed by atoms with Gasteiger partial charge in [0.15, 0.2) is 0 Å². The number of rotatable bonds is 12. The summed E-state index contributed by atoms with van der Waals surface area (Å²) >= 11 is 0. The van der Waals surface area contributed by atoms with E-state index in [2.05, 4.69) is 487 Å². The number of aromatic nitrogens is 1. The maximum absolute atomic E-state index is 2.76. The Kier molecular flexibility index (Phi) is 15.0. The molecule has 0 radical (unpaired) electrons. The highest BCUT2D eigenvalue weighted by atomic mass is 15.2. The predicted molar refractivity (Wildman–Crippen MR) is 537 cm³/mol. The van der Waals surface area contributed by atoms with Crippen LogP contribution in [0.4, 0.5) is 136 Å². The summed E-state index contributed by atoms with van der Waals surface area (Å²) in [6, 6.07) is 167. The molecule has 127 heavy (non-hydrogen) atoms. The molecule has 8 aliphatic rings. The number of hydrogen-bond acceptors (Lipinski definition) is 8. The second-order valence-corrected chi connectivity index (χ2v) is 34.5. The lowest BCUT2D eigenvalue weighted by atomic mass is 9.28. The van der Waals surface area contributed by atoms with Gasteiger partial charge in [-0.3, -0.25) is 0 Å². The van der Waals surface area contributed by atoms with E-state index in [-0.39, 0.29) is 26.9 Å². The van der Waals surface area contributed by atoms with Gasteiger partial charge in [-0.2, -0.15) is 0 Å². The molecule has 19 aromatic carbocycles. The third kappa shape index (κ3) is 9.93. The zero-order valence-corrected chi connectivity index (χ0v) is 69.0. The first-order valence-electron chi connectivity index (χ1n) is 44.2. The van der Waals surface area contributed by atoms with E-state index in [1.54, 1.807) is 0 Å². The minimum Gasteiger partial charge on any atom is -0.311 e. The molecule has 20 aromatic rings. The van der Waals surface area contributed by atoms with Crippen LogP contribution in [-0.4, -0.2) is 31.4 Å². The van der Waals surface area contributed by atoms with Crippen molar-refractivity contribution in [3.05, 3.63) is 443 Å². The van der Waals surface area contributed by atoms with Crippen LogP contribution in [0.5, 0.6) is 0 Å². The Labute approximate surface area is 738 Å². The van der Waals surface area contributed by atoms with Gasteiger partial charge in [0.05, 0.1) is 11.4 Å². The summed E-state index contributed by atoms with van der Waals surface area (Å²) in [4.78, 5) is 20.5. The van der Waals surface area contributed by atoms with Crippen LogP contribution < -0.4 is 105 Å². The highest BCUT2D eigenvalue weighted by molar-refractivity contribution is 7.06. The van der Waals surface area contributed by atoms with E-state index in [1.165, 1.54) is 93.0 Å². The molecule has 0 amide bonds. The topological polar surface area (TPSA) is 30.9 Å². The molecule has 0 aliphatic carbocycles. The van der Waals surface area contributed by atoms with Crippen LogP contribution in [0.2, 0.25) is 0 Å². The lowest BCUT2D eigenvalue weighted by Gasteiger charge is -2.49. The van der Waals surface area contributed by atoms with Gasteiger partial charge in [0.1, 0.15) is 0 Å². The van der Waals surface area contributed by atoms with Gasteiger partial charge in [-0.05, 0) is 241 Å². The molecule has 0 N–H and O–H groups in total. The summed E-state index contributed by atoms with van der Waals surface area (Å²) in [5, 5.41) is 2.53. The summed E-state index contributed by atoms with van der Waals surface area (Å²) in [5.74, 6) is 0. The third-order valence-electron chi connectivity index (χ3n) is 28.1. The van der Waals surface area contributed by atoms with Crippen molar-refractivity contribution in [3.63, 3.8) is 0 Å². The summed E-state index contributed by atoms with van der Waals surface area (Å²) in [6.07, 6.45) is 0. The fourth-order valence-electron chi connectivity index (χ4n) is 23.3. The number of nitrogens with zero attached hydrogens (tertiary/aromatic N) is 9. The molecule has 0 saturated heterocycles. The van der Waals surface area contributed by atoms with Gasteiger partial charge in [-0.25, -0.2) is 0 Å². The van der Waals surface area contributed by atoms with E-state index in [0.29, 0.717) is 0 Å². The number of benzene rings is 19. The van der Waals surface area contributed by atoms with Crippen molar-refractivity contribution in [3.8, 4) is 5.69 Å². The van der Waals surface area contributed by atoms with Crippen molar-refractivity contribution in [2.45, 2.75) is 0 Å². The van der Waals surface area contributed by atoms with Crippen LogP contribution in [0.25, 0.3) is 27.5 Å². The molecule has 0 spiro atoms. The Morgan fingerprint density at radius 3 is 0.677 bits per heavy atom. The van der Waals surface area contributed by atoms with E-state index < -0.39 is 0 Å². The van der Waals surface area contributed by atoms with E-state index >= 15 is 0 Å². The summed E-state index contributed by atoms with van der Waals surface area (Å²) in [6.45, 7) is -0.859. The van der Waals surface area contributed by atoms with Crippen LogP contribution >= 0.6 is 0 Å². The molecule has 9 heterocycles. The number of hydrogen-bond donors (Lipinski definition) is 0. The quantitative estimate of drug-likeness (QED) is 0.112. The number of para-hydroxylation sites is 14. The van der Waals surface area contributed by atoms with Crippen LogP contribution in [0.1, 0.15) is 0 Å².